The van der Waals surface area contributed by atoms with Crippen molar-refractivity contribution in [3.8, 4) is 0 Å². The van der Waals surface area contributed by atoms with Gasteiger partial charge >= 0.3 is 6.18 Å². The van der Waals surface area contributed by atoms with Crippen LogP contribution in [0.4, 0.5) is 13.2 Å². The monoisotopic (exact) mass is 353 g/mol. The van der Waals surface area contributed by atoms with E-state index in [0.717, 1.165) is 12.1 Å². The number of hydrogen-bond acceptors (Lipinski definition) is 2. The lowest BCUT2D eigenvalue weighted by Crippen LogP contribution is -2.33. The highest BCUT2D eigenvalue weighted by Crippen LogP contribution is 2.31. The molecule has 112 valence electrons. The second-order valence-corrected chi connectivity index (χ2v) is 5.29. The summed E-state index contributed by atoms with van der Waals surface area (Å²) in [4.78, 5) is 11.9. The van der Waals surface area contributed by atoms with E-state index in [0.29, 0.717) is 17.3 Å². The predicted octanol–water partition coefficient (Wildman–Crippen LogP) is 3.36. The molecule has 0 aliphatic carbocycles. The first-order valence-corrected chi connectivity index (χ1v) is 6.83. The van der Waals surface area contributed by atoms with Gasteiger partial charge in [0, 0.05) is 17.1 Å². The van der Waals surface area contributed by atoms with Gasteiger partial charge in [-0.25, -0.2) is 0 Å². The summed E-state index contributed by atoms with van der Waals surface area (Å²) in [6.07, 6.45) is -3.41. The summed E-state index contributed by atoms with van der Waals surface area (Å²) in [5, 5.41) is 11.3. The normalized spacial score (nSPS) is 13.1. The van der Waals surface area contributed by atoms with Crippen molar-refractivity contribution >= 4 is 21.8 Å². The van der Waals surface area contributed by atoms with E-state index in [1.54, 1.807) is 6.92 Å². The molecule has 7 heteroatoms. The third kappa shape index (κ3) is 4.79. The van der Waals surface area contributed by atoms with Gasteiger partial charge in [-0.3, -0.25) is 4.79 Å². The first-order chi connectivity index (χ1) is 9.25. The maximum atomic E-state index is 12.6. The summed E-state index contributed by atoms with van der Waals surface area (Å²) in [7, 11) is 0. The largest absolute Gasteiger partial charge is 0.416 e. The Hall–Kier alpha value is -1.08. The molecule has 1 rings (SSSR count). The number of carbonyl (C=O) groups excluding carboxylic acids is 1. The van der Waals surface area contributed by atoms with Crippen molar-refractivity contribution in [3.05, 3.63) is 33.8 Å². The van der Waals surface area contributed by atoms with Crippen molar-refractivity contribution in [2.24, 2.45) is 0 Å². The summed E-state index contributed by atoms with van der Waals surface area (Å²) in [6.45, 7) is 1.74. The Kier molecular flexibility index (Phi) is 6.01. The zero-order valence-electron chi connectivity index (χ0n) is 10.8. The van der Waals surface area contributed by atoms with Crippen LogP contribution in [0.5, 0.6) is 0 Å². The average molecular weight is 354 g/mol. The molecule has 1 aromatic carbocycles. The third-order valence-corrected chi connectivity index (χ3v) is 3.40. The van der Waals surface area contributed by atoms with Crippen LogP contribution in [-0.2, 0) is 6.18 Å². The van der Waals surface area contributed by atoms with Crippen LogP contribution in [-0.4, -0.2) is 23.7 Å². The smallest absolute Gasteiger partial charge is 0.396 e. The quantitative estimate of drug-likeness (QED) is 0.852. The van der Waals surface area contributed by atoms with Crippen LogP contribution in [0.1, 0.15) is 35.7 Å². The highest BCUT2D eigenvalue weighted by molar-refractivity contribution is 9.10. The molecule has 0 heterocycles. The van der Waals surface area contributed by atoms with E-state index >= 15 is 0 Å². The molecule has 20 heavy (non-hydrogen) atoms. The fourth-order valence-corrected chi connectivity index (χ4v) is 2.07. The van der Waals surface area contributed by atoms with Crippen molar-refractivity contribution in [1.82, 2.24) is 5.32 Å². The predicted molar refractivity (Wildman–Crippen MR) is 72.4 cm³/mol. The second kappa shape index (κ2) is 7.08. The molecule has 1 aromatic rings. The molecular weight excluding hydrogens is 339 g/mol. The van der Waals surface area contributed by atoms with E-state index in [2.05, 4.69) is 21.2 Å². The summed E-state index contributed by atoms with van der Waals surface area (Å²) in [5.41, 5.74) is -0.926. The van der Waals surface area contributed by atoms with Crippen molar-refractivity contribution < 1.29 is 23.1 Å². The lowest BCUT2D eigenvalue weighted by atomic mass is 10.1. The first-order valence-electron chi connectivity index (χ1n) is 6.04. The van der Waals surface area contributed by atoms with Crippen molar-refractivity contribution in [2.75, 3.05) is 6.61 Å². The summed E-state index contributed by atoms with van der Waals surface area (Å²) in [6, 6.07) is 2.71. The number of benzene rings is 1. The van der Waals surface area contributed by atoms with Crippen LogP contribution in [0.15, 0.2) is 22.7 Å². The molecule has 0 saturated carbocycles. The fourth-order valence-electron chi connectivity index (χ4n) is 1.65. The highest BCUT2D eigenvalue weighted by atomic mass is 79.9. The molecule has 2 N–H and O–H groups in total. The molecule has 1 unspecified atom stereocenters. The Morgan fingerprint density at radius 1 is 1.45 bits per heavy atom. The van der Waals surface area contributed by atoms with Gasteiger partial charge in [0.2, 0.25) is 0 Å². The van der Waals surface area contributed by atoms with Gasteiger partial charge in [-0.2, -0.15) is 13.2 Å². The minimum absolute atomic E-state index is 0.00740. The third-order valence-electron chi connectivity index (χ3n) is 2.71. The fraction of sp³-hybridized carbons (Fsp3) is 0.462. The average Bonchev–Trinajstić information content (AvgIpc) is 2.35. The standard InChI is InChI=1S/C13H15BrF3NO2/c1-8(3-2-6-19)18-12(20)10-7-9(13(15,16)17)4-5-11(10)14/h4-5,7-8,19H,2-3,6H2,1H3,(H,18,20). The number of hydrogen-bond donors (Lipinski definition) is 2. The van der Waals surface area contributed by atoms with Crippen LogP contribution >= 0.6 is 15.9 Å². The minimum atomic E-state index is -4.49. The molecule has 0 aliphatic heterocycles. The first kappa shape index (κ1) is 17.0. The molecule has 1 atom stereocenters. The van der Waals surface area contributed by atoms with Crippen molar-refractivity contribution in [2.45, 2.75) is 32.0 Å². The lowest BCUT2D eigenvalue weighted by Gasteiger charge is -2.15. The van der Waals surface area contributed by atoms with E-state index in [1.807, 2.05) is 0 Å². The summed E-state index contributed by atoms with van der Waals surface area (Å²) < 4.78 is 38.2. The van der Waals surface area contributed by atoms with Gasteiger partial charge in [0.05, 0.1) is 11.1 Å². The van der Waals surface area contributed by atoms with Gasteiger partial charge in [0.25, 0.3) is 5.91 Å². The molecule has 0 bridgehead atoms. The number of alkyl halides is 3. The SMILES string of the molecule is CC(CCCO)NC(=O)c1cc(C(F)(F)F)ccc1Br. The van der Waals surface area contributed by atoms with Crippen LogP contribution < -0.4 is 5.32 Å². The number of amides is 1. The zero-order valence-corrected chi connectivity index (χ0v) is 12.4. The lowest BCUT2D eigenvalue weighted by molar-refractivity contribution is -0.137. The van der Waals surface area contributed by atoms with E-state index in [-0.39, 0.29) is 18.2 Å². The Balaban J connectivity index is 2.87. The van der Waals surface area contributed by atoms with Crippen LogP contribution in [0.25, 0.3) is 0 Å². The Bertz CT molecular complexity index is 477. The number of aliphatic hydroxyl groups is 1. The second-order valence-electron chi connectivity index (χ2n) is 4.43. The zero-order chi connectivity index (χ0) is 15.3. The van der Waals surface area contributed by atoms with E-state index in [9.17, 15) is 18.0 Å². The highest BCUT2D eigenvalue weighted by Gasteiger charge is 2.31. The van der Waals surface area contributed by atoms with Crippen LogP contribution in [0.3, 0.4) is 0 Å². The number of rotatable bonds is 5. The van der Waals surface area contributed by atoms with Crippen LogP contribution in [0, 0.1) is 0 Å². The Morgan fingerprint density at radius 3 is 2.65 bits per heavy atom. The molecule has 0 radical (unpaired) electrons. The van der Waals surface area contributed by atoms with Gasteiger partial charge in [0.1, 0.15) is 0 Å². The Morgan fingerprint density at radius 2 is 2.10 bits per heavy atom. The van der Waals surface area contributed by atoms with Gasteiger partial charge in [-0.05, 0) is 53.9 Å². The number of carbonyl (C=O) groups is 1. The molecule has 0 fully saturated rings. The Labute approximate surface area is 123 Å². The minimum Gasteiger partial charge on any atom is -0.396 e. The number of halogens is 4. The molecule has 0 saturated heterocycles. The van der Waals surface area contributed by atoms with E-state index in [4.69, 9.17) is 5.11 Å². The maximum absolute atomic E-state index is 12.6. The van der Waals surface area contributed by atoms with Crippen molar-refractivity contribution in [1.29, 1.82) is 0 Å². The van der Waals surface area contributed by atoms with Gasteiger partial charge in [-0.15, -0.1) is 0 Å². The molecule has 0 aliphatic rings. The topological polar surface area (TPSA) is 49.3 Å². The van der Waals surface area contributed by atoms with Crippen LogP contribution in [0.2, 0.25) is 0 Å². The summed E-state index contributed by atoms with van der Waals surface area (Å²) >= 11 is 3.07. The molecule has 3 nitrogen and oxygen atoms in total. The maximum Gasteiger partial charge on any atom is 0.416 e. The number of nitrogens with one attached hydrogen (secondary N) is 1. The molecule has 0 aromatic heterocycles. The van der Waals surface area contributed by atoms with Gasteiger partial charge < -0.3 is 10.4 Å². The van der Waals surface area contributed by atoms with Gasteiger partial charge in [-0.1, -0.05) is 0 Å². The number of aliphatic hydroxyl groups excluding tert-OH is 1. The van der Waals surface area contributed by atoms with Gasteiger partial charge in [0.15, 0.2) is 0 Å². The molecule has 0 spiro atoms. The molecule has 1 amide bonds. The van der Waals surface area contributed by atoms with E-state index < -0.39 is 17.6 Å². The molecular formula is C13H15BrF3NO2. The van der Waals surface area contributed by atoms with E-state index in [1.165, 1.54) is 6.07 Å². The van der Waals surface area contributed by atoms with Crippen molar-refractivity contribution in [3.63, 3.8) is 0 Å². The summed E-state index contributed by atoms with van der Waals surface area (Å²) in [5.74, 6) is -0.576.